The first-order valence-corrected chi connectivity index (χ1v) is 13.3. The van der Waals surface area contributed by atoms with E-state index in [9.17, 15) is 22.8 Å². The van der Waals surface area contributed by atoms with Crippen molar-refractivity contribution >= 4 is 17.4 Å². The van der Waals surface area contributed by atoms with E-state index in [1.54, 1.807) is 46.2 Å². The highest BCUT2D eigenvalue weighted by atomic mass is 19.4. The number of carbonyl (C=O) groups excluding carboxylic acids is 1. The molecule has 0 spiro atoms. The van der Waals surface area contributed by atoms with Gasteiger partial charge in [-0.3, -0.25) is 9.59 Å². The zero-order valence-corrected chi connectivity index (χ0v) is 22.1. The number of piperidine rings is 1. The number of nitrogens with one attached hydrogen (secondary N) is 1. The molecule has 1 atom stereocenters. The van der Waals surface area contributed by atoms with Crippen LogP contribution in [0, 0.1) is 11.3 Å². The maximum absolute atomic E-state index is 13.7. The van der Waals surface area contributed by atoms with Crippen LogP contribution in [0.15, 0.2) is 53.6 Å². The van der Waals surface area contributed by atoms with E-state index in [2.05, 4.69) is 15.0 Å². The number of aromatic nitrogens is 3. The maximum atomic E-state index is 13.7. The lowest BCUT2D eigenvalue weighted by Crippen LogP contribution is -2.49. The third kappa shape index (κ3) is 6.26. The van der Waals surface area contributed by atoms with Gasteiger partial charge in [0.05, 0.1) is 23.5 Å². The van der Waals surface area contributed by atoms with Gasteiger partial charge in [-0.05, 0) is 49.6 Å². The fourth-order valence-electron chi connectivity index (χ4n) is 5.24. The fourth-order valence-corrected chi connectivity index (χ4v) is 5.24. The maximum Gasteiger partial charge on any atom is 0.423 e. The van der Waals surface area contributed by atoms with Gasteiger partial charge in [0.1, 0.15) is 29.8 Å². The highest BCUT2D eigenvalue weighted by Crippen LogP contribution is 2.36. The van der Waals surface area contributed by atoms with Crippen molar-refractivity contribution < 1.29 is 22.7 Å². The van der Waals surface area contributed by atoms with Gasteiger partial charge in [0.25, 0.3) is 11.5 Å². The summed E-state index contributed by atoms with van der Waals surface area (Å²) >= 11 is 0. The summed E-state index contributed by atoms with van der Waals surface area (Å²) in [6.45, 7) is 2.59. The second-order valence-corrected chi connectivity index (χ2v) is 9.94. The van der Waals surface area contributed by atoms with Crippen LogP contribution in [0.1, 0.15) is 40.7 Å². The van der Waals surface area contributed by atoms with Crippen molar-refractivity contribution in [1.29, 1.82) is 5.26 Å². The summed E-state index contributed by atoms with van der Waals surface area (Å²) in [5, 5.41) is 14.4. The number of H-pyrrole nitrogens is 1. The average Bonchev–Trinajstić information content (AvgIpc) is 2.99. The molecule has 0 radical (unpaired) electrons. The Morgan fingerprint density at radius 2 is 1.90 bits per heavy atom. The first-order chi connectivity index (χ1) is 19.7. The van der Waals surface area contributed by atoms with Crippen LogP contribution >= 0.6 is 0 Å². The minimum Gasteiger partial charge on any atom is -0.491 e. The van der Waals surface area contributed by atoms with Crippen LogP contribution in [-0.4, -0.2) is 71.4 Å². The Bertz CT molecular complexity index is 1480. The lowest BCUT2D eigenvalue weighted by molar-refractivity contribution is -0.138. The van der Waals surface area contributed by atoms with Gasteiger partial charge in [-0.15, -0.1) is 0 Å². The van der Waals surface area contributed by atoms with Crippen molar-refractivity contribution in [3.05, 3.63) is 75.8 Å². The van der Waals surface area contributed by atoms with Crippen molar-refractivity contribution in [2.24, 2.45) is 0 Å². The molecule has 13 heteroatoms. The molecule has 10 nitrogen and oxygen atoms in total. The molecule has 5 rings (SSSR count). The minimum absolute atomic E-state index is 0.0814. The van der Waals surface area contributed by atoms with Crippen molar-refractivity contribution in [2.75, 3.05) is 49.1 Å². The van der Waals surface area contributed by atoms with Gasteiger partial charge in [0.15, 0.2) is 0 Å². The summed E-state index contributed by atoms with van der Waals surface area (Å²) in [4.78, 5) is 34.9. The van der Waals surface area contributed by atoms with Gasteiger partial charge in [-0.1, -0.05) is 6.07 Å². The number of piperazine rings is 1. The molecule has 0 bridgehead atoms. The molecule has 1 unspecified atom stereocenters. The van der Waals surface area contributed by atoms with Gasteiger partial charge in [-0.25, -0.2) is 10.1 Å². The van der Waals surface area contributed by atoms with Crippen LogP contribution in [0.4, 0.5) is 24.7 Å². The zero-order chi connectivity index (χ0) is 29.0. The molecule has 2 aliphatic rings. The average molecular weight is 568 g/mol. The second-order valence-electron chi connectivity index (χ2n) is 9.94. The quantitative estimate of drug-likeness (QED) is 0.481. The van der Waals surface area contributed by atoms with E-state index in [0.717, 1.165) is 18.4 Å². The van der Waals surface area contributed by atoms with Crippen LogP contribution in [0.25, 0.3) is 0 Å². The van der Waals surface area contributed by atoms with E-state index in [1.807, 2.05) is 11.2 Å². The number of alkyl halides is 3. The predicted octanol–water partition coefficient (Wildman–Crippen LogP) is 3.46. The van der Waals surface area contributed by atoms with E-state index >= 15 is 0 Å². The monoisotopic (exact) mass is 567 g/mol. The van der Waals surface area contributed by atoms with Gasteiger partial charge < -0.3 is 19.4 Å². The Balaban J connectivity index is 1.23. The van der Waals surface area contributed by atoms with Crippen LogP contribution in [0.2, 0.25) is 0 Å². The molecule has 2 aliphatic heterocycles. The predicted molar refractivity (Wildman–Crippen MR) is 144 cm³/mol. The first-order valence-electron chi connectivity index (χ1n) is 13.3. The van der Waals surface area contributed by atoms with Crippen LogP contribution < -0.4 is 20.1 Å². The Morgan fingerprint density at radius 3 is 2.61 bits per heavy atom. The van der Waals surface area contributed by atoms with Gasteiger partial charge in [-0.2, -0.15) is 23.5 Å². The van der Waals surface area contributed by atoms with E-state index < -0.39 is 23.3 Å². The number of hydrogen-bond donors (Lipinski definition) is 1. The van der Waals surface area contributed by atoms with Crippen LogP contribution in [0.3, 0.4) is 0 Å². The normalized spacial score (nSPS) is 17.7. The Hall–Kier alpha value is -4.60. The lowest BCUT2D eigenvalue weighted by atomic mass is 10.0. The SMILES string of the molecule is N#Cc1ccc(N2CCN(C(=O)c3cccc(OCC4CCCCN4c4cn[nH]c(=O)c4C(F)(F)F)c3)CC2)nc1. The second kappa shape index (κ2) is 11.9. The number of amides is 1. The van der Waals surface area contributed by atoms with Crippen molar-refractivity contribution in [3.63, 3.8) is 0 Å². The Morgan fingerprint density at radius 1 is 1.10 bits per heavy atom. The fraction of sp³-hybridized carbons (Fsp3) is 0.393. The number of pyridine rings is 1. The molecular formula is C28H28F3N7O3. The number of benzene rings is 1. The molecule has 2 saturated heterocycles. The summed E-state index contributed by atoms with van der Waals surface area (Å²) in [5.41, 5.74) is -1.86. The molecule has 4 heterocycles. The number of ether oxygens (including phenoxy) is 1. The van der Waals surface area contributed by atoms with Gasteiger partial charge >= 0.3 is 6.18 Å². The number of carbonyl (C=O) groups is 1. The number of halogens is 3. The molecule has 1 aromatic carbocycles. The number of anilines is 2. The third-order valence-corrected chi connectivity index (χ3v) is 7.35. The van der Waals surface area contributed by atoms with Crippen molar-refractivity contribution in [1.82, 2.24) is 20.1 Å². The summed E-state index contributed by atoms with van der Waals surface area (Å²) in [6.07, 6.45) is -0.186. The van der Waals surface area contributed by atoms with Crippen LogP contribution in [0.5, 0.6) is 5.75 Å². The number of hydrogen-bond acceptors (Lipinski definition) is 8. The summed E-state index contributed by atoms with van der Waals surface area (Å²) < 4.78 is 47.1. The molecule has 214 valence electrons. The molecule has 0 saturated carbocycles. The summed E-state index contributed by atoms with van der Waals surface area (Å²) in [7, 11) is 0. The van der Waals surface area contributed by atoms with E-state index in [4.69, 9.17) is 10.00 Å². The van der Waals surface area contributed by atoms with Gasteiger partial charge in [0.2, 0.25) is 0 Å². The Labute approximate surface area is 234 Å². The third-order valence-electron chi connectivity index (χ3n) is 7.35. The summed E-state index contributed by atoms with van der Waals surface area (Å²) in [5.74, 6) is 1.04. The number of nitrogens with zero attached hydrogens (tertiary/aromatic N) is 6. The summed E-state index contributed by atoms with van der Waals surface area (Å²) in [6, 6.07) is 11.9. The molecule has 2 fully saturated rings. The molecule has 1 amide bonds. The van der Waals surface area contributed by atoms with E-state index in [1.165, 1.54) is 6.20 Å². The van der Waals surface area contributed by atoms with Gasteiger partial charge in [0, 0.05) is 44.5 Å². The topological polar surface area (TPSA) is 118 Å². The lowest BCUT2D eigenvalue weighted by Gasteiger charge is -2.38. The molecule has 1 N–H and O–H groups in total. The van der Waals surface area contributed by atoms with Crippen molar-refractivity contribution in [2.45, 2.75) is 31.5 Å². The number of aromatic amines is 1. The zero-order valence-electron chi connectivity index (χ0n) is 22.1. The van der Waals surface area contributed by atoms with Crippen molar-refractivity contribution in [3.8, 4) is 11.8 Å². The largest absolute Gasteiger partial charge is 0.491 e. The van der Waals surface area contributed by atoms with Crippen LogP contribution in [-0.2, 0) is 6.18 Å². The molecule has 0 aliphatic carbocycles. The van der Waals surface area contributed by atoms with E-state index in [-0.39, 0.29) is 18.2 Å². The number of rotatable bonds is 6. The standard InChI is InChI=1S/C28H28F3N7O3/c29-28(30,31)25-23(17-34-35-26(25)39)38-9-2-1-5-21(38)18-41-22-6-3-4-20(14-22)27(40)37-12-10-36(11-13-37)24-8-7-19(15-32)16-33-24/h3-4,6-8,14,16-17,21H,1-2,5,9-13,18H2,(H,35,39). The molecule has 2 aromatic heterocycles. The minimum atomic E-state index is -4.83. The smallest absolute Gasteiger partial charge is 0.423 e. The molecule has 41 heavy (non-hydrogen) atoms. The number of nitriles is 1. The van der Waals surface area contributed by atoms with E-state index in [0.29, 0.717) is 62.4 Å². The molecular weight excluding hydrogens is 539 g/mol. The Kier molecular flexibility index (Phi) is 8.09. The highest BCUT2D eigenvalue weighted by Gasteiger charge is 2.40. The first kappa shape index (κ1) is 27.9. The molecule has 3 aromatic rings. The highest BCUT2D eigenvalue weighted by molar-refractivity contribution is 5.94.